The van der Waals surface area contributed by atoms with Crippen molar-refractivity contribution in [3.05, 3.63) is 29.1 Å². The van der Waals surface area contributed by atoms with Gasteiger partial charge in [-0.25, -0.2) is 17.5 Å². The molecule has 0 fully saturated rings. The van der Waals surface area contributed by atoms with Crippen molar-refractivity contribution < 1.29 is 17.9 Å². The maximum atomic E-state index is 13.6. The van der Waals surface area contributed by atoms with Crippen LogP contribution in [0.25, 0.3) is 0 Å². The van der Waals surface area contributed by atoms with Crippen LogP contribution in [0.4, 0.5) is 4.39 Å². The van der Waals surface area contributed by atoms with Crippen molar-refractivity contribution in [3.63, 3.8) is 0 Å². The molecular formula is C13H20FNO3S. The number of aryl methyl sites for hydroxylation is 1. The summed E-state index contributed by atoms with van der Waals surface area (Å²) in [4.78, 5) is -0.0306. The third-order valence-corrected chi connectivity index (χ3v) is 4.76. The molecule has 1 aromatic rings. The van der Waals surface area contributed by atoms with E-state index in [4.69, 9.17) is 5.11 Å². The molecule has 0 aromatic heterocycles. The van der Waals surface area contributed by atoms with Crippen molar-refractivity contribution in [1.29, 1.82) is 0 Å². The van der Waals surface area contributed by atoms with Crippen molar-refractivity contribution in [2.75, 3.05) is 0 Å². The number of hydrogen-bond acceptors (Lipinski definition) is 3. The summed E-state index contributed by atoms with van der Waals surface area (Å²) in [5.41, 5.74) is -0.406. The zero-order valence-electron chi connectivity index (χ0n) is 11.6. The molecule has 1 aromatic carbocycles. The third-order valence-electron chi connectivity index (χ3n) is 3.08. The van der Waals surface area contributed by atoms with E-state index in [2.05, 4.69) is 4.72 Å². The summed E-state index contributed by atoms with van der Waals surface area (Å²) in [5.74, 6) is -0.573. The van der Waals surface area contributed by atoms with Crippen LogP contribution in [0.5, 0.6) is 0 Å². The molecule has 2 N–H and O–H groups in total. The molecule has 0 aliphatic heterocycles. The third kappa shape index (κ3) is 3.75. The van der Waals surface area contributed by atoms with Gasteiger partial charge in [0.1, 0.15) is 5.82 Å². The SMILES string of the molecule is CCC(C)(C)NS(=O)(=O)c1cc(C)c(F)c(CO)c1. The van der Waals surface area contributed by atoms with Gasteiger partial charge in [-0.05, 0) is 44.9 Å². The number of sulfonamides is 1. The molecule has 0 bridgehead atoms. The largest absolute Gasteiger partial charge is 0.392 e. The first-order valence-corrected chi connectivity index (χ1v) is 7.55. The Kier molecular flexibility index (Phi) is 4.71. The van der Waals surface area contributed by atoms with Gasteiger partial charge in [-0.1, -0.05) is 6.92 Å². The lowest BCUT2D eigenvalue weighted by Crippen LogP contribution is -2.42. The molecule has 0 radical (unpaired) electrons. The summed E-state index contributed by atoms with van der Waals surface area (Å²) in [6.07, 6.45) is 0.624. The second-order valence-corrected chi connectivity index (χ2v) is 6.90. The van der Waals surface area contributed by atoms with Gasteiger partial charge in [0.15, 0.2) is 0 Å². The molecule has 0 aliphatic carbocycles. The van der Waals surface area contributed by atoms with Crippen LogP contribution in [0.1, 0.15) is 38.3 Å². The highest BCUT2D eigenvalue weighted by Crippen LogP contribution is 2.21. The summed E-state index contributed by atoms with van der Waals surface area (Å²) >= 11 is 0. The van der Waals surface area contributed by atoms with E-state index in [9.17, 15) is 12.8 Å². The highest BCUT2D eigenvalue weighted by atomic mass is 32.2. The Labute approximate surface area is 113 Å². The van der Waals surface area contributed by atoms with Gasteiger partial charge in [0.2, 0.25) is 10.0 Å². The predicted octanol–water partition coefficient (Wildman–Crippen LogP) is 2.09. The minimum atomic E-state index is -3.73. The van der Waals surface area contributed by atoms with Crippen molar-refractivity contribution in [1.82, 2.24) is 4.72 Å². The van der Waals surface area contributed by atoms with Crippen LogP contribution in [0.2, 0.25) is 0 Å². The number of benzene rings is 1. The lowest BCUT2D eigenvalue weighted by Gasteiger charge is -2.24. The normalized spacial score (nSPS) is 12.7. The Morgan fingerprint density at radius 1 is 1.37 bits per heavy atom. The monoisotopic (exact) mass is 289 g/mol. The zero-order chi connectivity index (χ0) is 14.8. The molecule has 1 rings (SSSR count). The Morgan fingerprint density at radius 3 is 2.42 bits per heavy atom. The fourth-order valence-electron chi connectivity index (χ4n) is 1.57. The first kappa shape index (κ1) is 16.1. The van der Waals surface area contributed by atoms with Crippen LogP contribution in [0.15, 0.2) is 17.0 Å². The second-order valence-electron chi connectivity index (χ2n) is 5.21. The average Bonchev–Trinajstić information content (AvgIpc) is 2.31. The number of aliphatic hydroxyl groups is 1. The molecule has 0 atom stereocenters. The Hall–Kier alpha value is -0.980. The molecule has 0 heterocycles. The Bertz CT molecular complexity index is 567. The van der Waals surface area contributed by atoms with E-state index in [1.165, 1.54) is 13.0 Å². The Morgan fingerprint density at radius 2 is 1.95 bits per heavy atom. The topological polar surface area (TPSA) is 66.4 Å². The fourth-order valence-corrected chi connectivity index (χ4v) is 3.19. The smallest absolute Gasteiger partial charge is 0.241 e. The van der Waals surface area contributed by atoms with Crippen LogP contribution < -0.4 is 4.72 Å². The van der Waals surface area contributed by atoms with Gasteiger partial charge in [-0.15, -0.1) is 0 Å². The highest BCUT2D eigenvalue weighted by Gasteiger charge is 2.25. The molecule has 0 saturated heterocycles. The van der Waals surface area contributed by atoms with Crippen LogP contribution >= 0.6 is 0 Å². The molecular weight excluding hydrogens is 269 g/mol. The molecule has 0 spiro atoms. The number of rotatable bonds is 5. The van der Waals surface area contributed by atoms with Crippen LogP contribution in [0, 0.1) is 12.7 Å². The highest BCUT2D eigenvalue weighted by molar-refractivity contribution is 7.89. The number of nitrogens with one attached hydrogen (secondary N) is 1. The van der Waals surface area contributed by atoms with Gasteiger partial charge in [-0.2, -0.15) is 0 Å². The minimum absolute atomic E-state index is 0.0188. The number of hydrogen-bond donors (Lipinski definition) is 2. The number of aliphatic hydroxyl groups excluding tert-OH is 1. The summed E-state index contributed by atoms with van der Waals surface area (Å²) in [6, 6.07) is 2.43. The second kappa shape index (κ2) is 5.56. The summed E-state index contributed by atoms with van der Waals surface area (Å²) < 4.78 is 40.6. The first-order chi connectivity index (χ1) is 8.63. The van der Waals surface area contributed by atoms with E-state index >= 15 is 0 Å². The predicted molar refractivity (Wildman–Crippen MR) is 71.8 cm³/mol. The summed E-state index contributed by atoms with van der Waals surface area (Å²) in [5, 5.41) is 9.06. The molecule has 6 heteroatoms. The van der Waals surface area contributed by atoms with Gasteiger partial charge >= 0.3 is 0 Å². The van der Waals surface area contributed by atoms with Crippen molar-refractivity contribution >= 4 is 10.0 Å². The van der Waals surface area contributed by atoms with Gasteiger partial charge in [0.25, 0.3) is 0 Å². The average molecular weight is 289 g/mol. The molecule has 0 saturated carbocycles. The molecule has 0 unspecified atom stereocenters. The van der Waals surface area contributed by atoms with E-state index in [0.29, 0.717) is 6.42 Å². The minimum Gasteiger partial charge on any atom is -0.392 e. The Balaban J connectivity index is 3.26. The van der Waals surface area contributed by atoms with E-state index < -0.39 is 28.0 Å². The van der Waals surface area contributed by atoms with Gasteiger partial charge < -0.3 is 5.11 Å². The van der Waals surface area contributed by atoms with Crippen LogP contribution in [0.3, 0.4) is 0 Å². The van der Waals surface area contributed by atoms with Gasteiger partial charge in [0, 0.05) is 11.1 Å². The van der Waals surface area contributed by atoms with Crippen molar-refractivity contribution in [2.24, 2.45) is 0 Å². The fraction of sp³-hybridized carbons (Fsp3) is 0.538. The van der Waals surface area contributed by atoms with Crippen LogP contribution in [-0.2, 0) is 16.6 Å². The quantitative estimate of drug-likeness (QED) is 0.872. The van der Waals surface area contributed by atoms with E-state index in [-0.39, 0.29) is 16.0 Å². The summed E-state index contributed by atoms with van der Waals surface area (Å²) in [6.45, 7) is 6.35. The molecule has 4 nitrogen and oxygen atoms in total. The lowest BCUT2D eigenvalue weighted by atomic mass is 10.0. The lowest BCUT2D eigenvalue weighted by molar-refractivity contribution is 0.275. The van der Waals surface area contributed by atoms with Gasteiger partial charge in [-0.3, -0.25) is 0 Å². The van der Waals surface area contributed by atoms with Crippen LogP contribution in [-0.4, -0.2) is 19.1 Å². The van der Waals surface area contributed by atoms with Crippen molar-refractivity contribution in [2.45, 2.75) is 51.2 Å². The zero-order valence-corrected chi connectivity index (χ0v) is 12.4. The van der Waals surface area contributed by atoms with E-state index in [1.807, 2.05) is 6.92 Å². The maximum Gasteiger partial charge on any atom is 0.241 e. The number of halogens is 1. The molecule has 108 valence electrons. The van der Waals surface area contributed by atoms with E-state index in [1.54, 1.807) is 13.8 Å². The molecule has 19 heavy (non-hydrogen) atoms. The standard InChI is InChI=1S/C13H20FNO3S/c1-5-13(3,4)15-19(17,18)11-6-9(2)12(14)10(7-11)8-16/h6-7,15-16H,5,8H2,1-4H3. The van der Waals surface area contributed by atoms with Crippen molar-refractivity contribution in [3.8, 4) is 0 Å². The van der Waals surface area contributed by atoms with E-state index in [0.717, 1.165) is 6.07 Å². The molecule has 0 aliphatic rings. The first-order valence-electron chi connectivity index (χ1n) is 6.07. The maximum absolute atomic E-state index is 13.6. The molecule has 0 amide bonds. The van der Waals surface area contributed by atoms with Gasteiger partial charge in [0.05, 0.1) is 11.5 Å². The summed E-state index contributed by atoms with van der Waals surface area (Å²) in [7, 11) is -3.73.